The third-order valence-corrected chi connectivity index (χ3v) is 2.78. The van der Waals surface area contributed by atoms with Crippen molar-refractivity contribution in [3.05, 3.63) is 53.6 Å². The molecule has 0 atom stereocenters. The van der Waals surface area contributed by atoms with Crippen molar-refractivity contribution >= 4 is 5.69 Å². The van der Waals surface area contributed by atoms with E-state index in [0.717, 1.165) is 29.2 Å². The van der Waals surface area contributed by atoms with E-state index in [0.29, 0.717) is 0 Å². The van der Waals surface area contributed by atoms with Gasteiger partial charge in [-0.05, 0) is 54.8 Å². The lowest BCUT2D eigenvalue weighted by atomic mass is 10.1. The summed E-state index contributed by atoms with van der Waals surface area (Å²) in [5.41, 5.74) is 8.87. The first-order valence-electron chi connectivity index (χ1n) is 5.82. The van der Waals surface area contributed by atoms with Gasteiger partial charge >= 0.3 is 0 Å². The molecule has 0 bridgehead atoms. The van der Waals surface area contributed by atoms with E-state index in [1.165, 1.54) is 5.56 Å². The van der Waals surface area contributed by atoms with Crippen molar-refractivity contribution in [1.29, 1.82) is 0 Å². The van der Waals surface area contributed by atoms with Crippen molar-refractivity contribution in [1.82, 2.24) is 0 Å². The van der Waals surface area contributed by atoms with Gasteiger partial charge < -0.3 is 10.5 Å². The van der Waals surface area contributed by atoms with Crippen molar-refractivity contribution in [2.75, 3.05) is 5.73 Å². The van der Waals surface area contributed by atoms with Gasteiger partial charge in [0.25, 0.3) is 0 Å². The van der Waals surface area contributed by atoms with Crippen molar-refractivity contribution in [3.8, 4) is 11.5 Å². The van der Waals surface area contributed by atoms with Gasteiger partial charge in [-0.25, -0.2) is 0 Å². The Kier molecular flexibility index (Phi) is 3.33. The zero-order valence-corrected chi connectivity index (χ0v) is 10.2. The summed E-state index contributed by atoms with van der Waals surface area (Å²) in [7, 11) is 0. The second kappa shape index (κ2) is 4.91. The van der Waals surface area contributed by atoms with Crippen LogP contribution in [0.2, 0.25) is 0 Å². The van der Waals surface area contributed by atoms with Crippen LogP contribution in [0.4, 0.5) is 5.69 Å². The Morgan fingerprint density at radius 3 is 2.53 bits per heavy atom. The molecule has 0 saturated carbocycles. The van der Waals surface area contributed by atoms with Crippen LogP contribution < -0.4 is 10.5 Å². The summed E-state index contributed by atoms with van der Waals surface area (Å²) in [5.74, 6) is 1.69. The van der Waals surface area contributed by atoms with Crippen molar-refractivity contribution in [2.45, 2.75) is 20.3 Å². The molecule has 0 aromatic heterocycles. The van der Waals surface area contributed by atoms with E-state index in [9.17, 15) is 0 Å². The fourth-order valence-electron chi connectivity index (χ4n) is 1.68. The minimum absolute atomic E-state index is 0.791. The maximum atomic E-state index is 5.80. The zero-order valence-electron chi connectivity index (χ0n) is 10.2. The molecule has 2 rings (SSSR count). The second-order valence-electron chi connectivity index (χ2n) is 4.12. The number of benzene rings is 2. The maximum absolute atomic E-state index is 5.80. The Hall–Kier alpha value is -1.96. The lowest BCUT2D eigenvalue weighted by Crippen LogP contribution is -1.91. The van der Waals surface area contributed by atoms with Crippen LogP contribution in [0.3, 0.4) is 0 Å². The van der Waals surface area contributed by atoms with Crippen LogP contribution in [0, 0.1) is 6.92 Å². The topological polar surface area (TPSA) is 35.2 Å². The Bertz CT molecular complexity index is 520. The first-order chi connectivity index (χ1) is 8.19. The van der Waals surface area contributed by atoms with Crippen LogP contribution in [0.25, 0.3) is 0 Å². The van der Waals surface area contributed by atoms with E-state index in [1.807, 2.05) is 37.3 Å². The van der Waals surface area contributed by atoms with Crippen LogP contribution in [0.15, 0.2) is 42.5 Å². The predicted octanol–water partition coefficient (Wildman–Crippen LogP) is 3.93. The molecule has 0 spiro atoms. The molecule has 2 N–H and O–H groups in total. The number of aryl methyl sites for hydroxylation is 2. The van der Waals surface area contributed by atoms with E-state index in [2.05, 4.69) is 19.1 Å². The molecule has 88 valence electrons. The molecule has 17 heavy (non-hydrogen) atoms. The van der Waals surface area contributed by atoms with Gasteiger partial charge in [0.1, 0.15) is 11.5 Å². The van der Waals surface area contributed by atoms with Gasteiger partial charge in [-0.3, -0.25) is 0 Å². The molecule has 2 nitrogen and oxygen atoms in total. The summed E-state index contributed by atoms with van der Waals surface area (Å²) in [6.45, 7) is 4.11. The van der Waals surface area contributed by atoms with Crippen LogP contribution in [0.5, 0.6) is 11.5 Å². The Morgan fingerprint density at radius 2 is 1.82 bits per heavy atom. The standard InChI is InChI=1S/C15H17NO/c1-3-12-5-4-6-13(10-12)17-14-7-8-15(16)11(2)9-14/h4-10H,3,16H2,1-2H3. The van der Waals surface area contributed by atoms with Gasteiger partial charge in [0.05, 0.1) is 0 Å². The van der Waals surface area contributed by atoms with Crippen LogP contribution in [-0.4, -0.2) is 0 Å². The molecule has 2 heteroatoms. The summed E-state index contributed by atoms with van der Waals surface area (Å²) >= 11 is 0. The molecule has 0 heterocycles. The number of hydrogen-bond acceptors (Lipinski definition) is 2. The molecular weight excluding hydrogens is 210 g/mol. The molecule has 0 aliphatic heterocycles. The smallest absolute Gasteiger partial charge is 0.127 e. The van der Waals surface area contributed by atoms with Gasteiger partial charge in [-0.2, -0.15) is 0 Å². The van der Waals surface area contributed by atoms with Gasteiger partial charge in [0.2, 0.25) is 0 Å². The number of anilines is 1. The molecule has 0 saturated heterocycles. The fraction of sp³-hybridized carbons (Fsp3) is 0.200. The number of hydrogen-bond donors (Lipinski definition) is 1. The van der Waals surface area contributed by atoms with Gasteiger partial charge in [0, 0.05) is 5.69 Å². The normalized spacial score (nSPS) is 10.2. The highest BCUT2D eigenvalue weighted by Crippen LogP contribution is 2.25. The van der Waals surface area contributed by atoms with E-state index in [1.54, 1.807) is 0 Å². The minimum Gasteiger partial charge on any atom is -0.457 e. The van der Waals surface area contributed by atoms with Crippen molar-refractivity contribution in [2.24, 2.45) is 0 Å². The molecule has 0 aliphatic carbocycles. The Labute approximate surface area is 102 Å². The monoisotopic (exact) mass is 227 g/mol. The lowest BCUT2D eigenvalue weighted by molar-refractivity contribution is 0.482. The van der Waals surface area contributed by atoms with E-state index >= 15 is 0 Å². The second-order valence-corrected chi connectivity index (χ2v) is 4.12. The first kappa shape index (κ1) is 11.5. The number of rotatable bonds is 3. The largest absolute Gasteiger partial charge is 0.457 e. The van der Waals surface area contributed by atoms with Crippen LogP contribution in [0.1, 0.15) is 18.1 Å². The first-order valence-corrected chi connectivity index (χ1v) is 5.82. The molecular formula is C15H17NO. The highest BCUT2D eigenvalue weighted by atomic mass is 16.5. The minimum atomic E-state index is 0.791. The fourth-order valence-corrected chi connectivity index (χ4v) is 1.68. The maximum Gasteiger partial charge on any atom is 0.127 e. The number of nitrogens with two attached hydrogens (primary N) is 1. The van der Waals surface area contributed by atoms with E-state index in [4.69, 9.17) is 10.5 Å². The summed E-state index contributed by atoms with van der Waals surface area (Å²) in [6, 6.07) is 13.8. The third kappa shape index (κ3) is 2.78. The average Bonchev–Trinajstić information content (AvgIpc) is 2.34. The highest BCUT2D eigenvalue weighted by molar-refractivity contribution is 5.50. The average molecular weight is 227 g/mol. The molecule has 0 unspecified atom stereocenters. The van der Waals surface area contributed by atoms with Gasteiger partial charge in [0.15, 0.2) is 0 Å². The molecule has 0 aliphatic rings. The SMILES string of the molecule is CCc1cccc(Oc2ccc(N)c(C)c2)c1. The molecule has 0 fully saturated rings. The Balaban J connectivity index is 2.22. The van der Waals surface area contributed by atoms with Gasteiger partial charge in [-0.1, -0.05) is 19.1 Å². The van der Waals surface area contributed by atoms with Crippen LogP contribution in [-0.2, 0) is 6.42 Å². The number of nitrogen functional groups attached to an aromatic ring is 1. The summed E-state index contributed by atoms with van der Waals surface area (Å²) in [5, 5.41) is 0. The lowest BCUT2D eigenvalue weighted by Gasteiger charge is -2.08. The quantitative estimate of drug-likeness (QED) is 0.806. The summed E-state index contributed by atoms with van der Waals surface area (Å²) in [6.07, 6.45) is 1.01. The van der Waals surface area contributed by atoms with Crippen LogP contribution >= 0.6 is 0 Å². The molecule has 2 aromatic carbocycles. The third-order valence-electron chi connectivity index (χ3n) is 2.78. The Morgan fingerprint density at radius 1 is 1.06 bits per heavy atom. The predicted molar refractivity (Wildman–Crippen MR) is 71.5 cm³/mol. The molecule has 0 radical (unpaired) electrons. The number of ether oxygens (including phenoxy) is 1. The summed E-state index contributed by atoms with van der Waals surface area (Å²) < 4.78 is 5.80. The zero-order chi connectivity index (χ0) is 12.3. The molecule has 2 aromatic rings. The van der Waals surface area contributed by atoms with E-state index in [-0.39, 0.29) is 0 Å². The van der Waals surface area contributed by atoms with Crippen molar-refractivity contribution < 1.29 is 4.74 Å². The van der Waals surface area contributed by atoms with E-state index < -0.39 is 0 Å². The molecule has 0 amide bonds. The summed E-state index contributed by atoms with van der Waals surface area (Å²) in [4.78, 5) is 0. The van der Waals surface area contributed by atoms with Gasteiger partial charge in [-0.15, -0.1) is 0 Å². The van der Waals surface area contributed by atoms with Crippen molar-refractivity contribution in [3.63, 3.8) is 0 Å². The highest BCUT2D eigenvalue weighted by Gasteiger charge is 2.00.